The van der Waals surface area contributed by atoms with E-state index in [1.165, 1.54) is 20.2 Å². The highest BCUT2D eigenvalue weighted by molar-refractivity contribution is 7.26. The summed E-state index contributed by atoms with van der Waals surface area (Å²) in [4.78, 5) is 33.7. The molecule has 0 N–H and O–H groups in total. The van der Waals surface area contributed by atoms with E-state index in [0.717, 1.165) is 212 Å². The van der Waals surface area contributed by atoms with Gasteiger partial charge in [0.15, 0.2) is 34.9 Å². The summed E-state index contributed by atoms with van der Waals surface area (Å²) in [5.41, 5.74) is 18.5. The van der Waals surface area contributed by atoms with Gasteiger partial charge in [0.1, 0.15) is 44.7 Å². The minimum atomic E-state index is 0.431. The van der Waals surface area contributed by atoms with Crippen molar-refractivity contribution in [3.05, 3.63) is 352 Å². The first-order valence-electron chi connectivity index (χ1n) is 41.4. The lowest BCUT2D eigenvalue weighted by atomic mass is 9.99. The number of hydrogen-bond acceptors (Lipinski definition) is 12. The van der Waals surface area contributed by atoms with Crippen LogP contribution in [0.4, 0.5) is 0 Å². The maximum absolute atomic E-state index is 7.55. The van der Waals surface area contributed by atoms with Crippen molar-refractivity contribution in [1.82, 2.24) is 39.0 Å². The van der Waals surface area contributed by atoms with Gasteiger partial charge in [-0.3, -0.25) is 0 Å². The van der Waals surface area contributed by atoms with Crippen LogP contribution in [0.1, 0.15) is 0 Å². The first-order valence-corrected chi connectivity index (χ1v) is 43.0. The summed E-state index contributed by atoms with van der Waals surface area (Å²) in [5.74, 6) is 2.90. The van der Waals surface area contributed by atoms with Crippen molar-refractivity contribution in [3.8, 4) is 90.8 Å². The topological polar surface area (TPSA) is 140 Å². The van der Waals surface area contributed by atoms with Crippen LogP contribution in [0.2, 0.25) is 0 Å². The van der Waals surface area contributed by atoms with Gasteiger partial charge >= 0.3 is 0 Å². The van der Waals surface area contributed by atoms with Crippen LogP contribution in [0.5, 0.6) is 0 Å². The van der Waals surface area contributed by atoms with Gasteiger partial charge in [0.2, 0.25) is 0 Å². The third kappa shape index (κ3) is 9.93. The largest absolute Gasteiger partial charge is 0.456 e. The minimum absolute atomic E-state index is 0.431. The van der Waals surface area contributed by atoms with E-state index in [1.807, 2.05) is 60.7 Å². The number of furan rings is 4. The summed E-state index contributed by atoms with van der Waals surface area (Å²) < 4.78 is 37.5. The molecule has 10 heterocycles. The van der Waals surface area contributed by atoms with E-state index in [4.69, 9.17) is 47.6 Å². The Bertz CT molecular complexity index is 9450. The number of thiophene rings is 2. The Balaban J connectivity index is 0.651. The molecule has 0 atom stereocenters. The summed E-state index contributed by atoms with van der Waals surface area (Å²) in [6.45, 7) is 0. The van der Waals surface area contributed by atoms with E-state index in [9.17, 15) is 0 Å². The van der Waals surface area contributed by atoms with E-state index >= 15 is 0 Å². The Morgan fingerprint density at radius 3 is 1.11 bits per heavy atom. The highest BCUT2D eigenvalue weighted by Crippen LogP contribution is 2.50. The van der Waals surface area contributed by atoms with Gasteiger partial charge in [0, 0.05) is 138 Å². The molecule has 10 aromatic heterocycles. The van der Waals surface area contributed by atoms with Gasteiger partial charge in [-0.1, -0.05) is 218 Å². The SMILES string of the molecule is c1ccc2cc3c(cc2c1)c1ccccc1n3-c1cc2c(cc1-c1nc(-c3ccc4sc5ccccc5c4c3)nc(-c3ccc4sc5c(-c6cccc7c6oc6cc(-c8nc(-c9cccc%10c9oc9ccccc9%10)nc(-c9cccc%10c9oc9ccccc9%10)n8)c(-n8c9ccccc9c9cc%10ccccc%10cc98)cc67)cccc5c4c3)n1)oc1ccccc12. The number of fused-ring (bicyclic) bond motifs is 26. The Hall–Kier alpha value is -16.3. The normalized spacial score (nSPS) is 12.4. The summed E-state index contributed by atoms with van der Waals surface area (Å²) >= 11 is 3.56. The van der Waals surface area contributed by atoms with E-state index in [2.05, 4.69) is 300 Å². The standard InChI is InChI=1S/C110H58N8O4S2/c1-3-23-61-53-89-79(49-59(61)21-1)65-25-5-11-39-87(65)117(89)91-55-81-69-29-9-13-41-93(69)119-96(81)57-85(91)109-112-105(63-45-47-99-83(51-63)70-30-10-16-44-98(70)123-99)111-106(113-109)64-46-48-100-84(52-64)76-36-20-35-75(104(76)124-100)73-33-17-34-74-82-56-92(118-88-40-12-6-26-66(88)80-50-60-22-2-4-24-62(60)54-90(80)118)86(58-97(82)122-101(73)74)110-115-107(77-37-18-31-71-67-27-7-14-42-94(67)120-102(71)77)114-108(116-110)78-38-19-32-72-68-28-8-15-43-95(68)121-103(72)78/h1-58H. The molecule has 0 bridgehead atoms. The molecule has 0 aliphatic rings. The molecule has 0 radical (unpaired) electrons. The molecule has 0 amide bonds. The number of hydrogen-bond donors (Lipinski definition) is 0. The second-order valence-electron chi connectivity index (χ2n) is 32.2. The number of para-hydroxylation sites is 8. The molecule has 0 unspecified atom stereocenters. The lowest BCUT2D eigenvalue weighted by Crippen LogP contribution is -2.04. The highest BCUT2D eigenvalue weighted by atomic mass is 32.1. The van der Waals surface area contributed by atoms with Crippen LogP contribution in [0.25, 0.3) is 284 Å². The van der Waals surface area contributed by atoms with Gasteiger partial charge in [0.25, 0.3) is 0 Å². The monoisotopic (exact) mass is 1620 g/mol. The van der Waals surface area contributed by atoms with Gasteiger partial charge in [0.05, 0.1) is 44.6 Å². The molecule has 0 aliphatic heterocycles. The molecular weight excluding hydrogens is 1560 g/mol. The Morgan fingerprint density at radius 2 is 0.556 bits per heavy atom. The van der Waals surface area contributed by atoms with Gasteiger partial charge in [-0.15, -0.1) is 22.7 Å². The fraction of sp³-hybridized carbons (Fsp3) is 0. The fourth-order valence-corrected chi connectivity index (χ4v) is 22.0. The second kappa shape index (κ2) is 25.6. The van der Waals surface area contributed by atoms with Crippen molar-refractivity contribution in [3.63, 3.8) is 0 Å². The van der Waals surface area contributed by atoms with Crippen molar-refractivity contribution >= 4 is 216 Å². The second-order valence-corrected chi connectivity index (χ2v) is 34.4. The predicted octanol–water partition coefficient (Wildman–Crippen LogP) is 30.6. The molecule has 0 fully saturated rings. The van der Waals surface area contributed by atoms with Gasteiger partial charge in [-0.05, 0) is 155 Å². The summed E-state index contributed by atoms with van der Waals surface area (Å²) in [6, 6.07) is 125. The average Bonchev–Trinajstić information content (AvgIpc) is 1.56. The number of benzene rings is 18. The van der Waals surface area contributed by atoms with E-state index in [1.54, 1.807) is 22.7 Å². The molecule has 0 saturated heterocycles. The van der Waals surface area contributed by atoms with Crippen molar-refractivity contribution in [2.45, 2.75) is 0 Å². The van der Waals surface area contributed by atoms with Crippen LogP contribution >= 0.6 is 22.7 Å². The van der Waals surface area contributed by atoms with Crippen LogP contribution < -0.4 is 0 Å². The molecule has 28 aromatic rings. The van der Waals surface area contributed by atoms with E-state index < -0.39 is 0 Å². The van der Waals surface area contributed by atoms with Crippen LogP contribution in [-0.4, -0.2) is 39.0 Å². The van der Waals surface area contributed by atoms with Crippen LogP contribution in [0.3, 0.4) is 0 Å². The van der Waals surface area contributed by atoms with Crippen molar-refractivity contribution in [2.75, 3.05) is 0 Å². The Labute approximate surface area is 710 Å². The van der Waals surface area contributed by atoms with Crippen molar-refractivity contribution < 1.29 is 17.7 Å². The molecular formula is C110H58N8O4S2. The lowest BCUT2D eigenvalue weighted by molar-refractivity contribution is 0.668. The number of aromatic nitrogens is 8. The van der Waals surface area contributed by atoms with Gasteiger partial charge in [-0.2, -0.15) is 0 Å². The zero-order chi connectivity index (χ0) is 80.7. The zero-order valence-electron chi connectivity index (χ0n) is 65.5. The molecule has 0 aliphatic carbocycles. The van der Waals surface area contributed by atoms with E-state index in [-0.39, 0.29) is 0 Å². The third-order valence-corrected chi connectivity index (χ3v) is 27.8. The smallest absolute Gasteiger partial charge is 0.167 e. The molecule has 18 aromatic carbocycles. The van der Waals surface area contributed by atoms with Crippen LogP contribution in [0, 0.1) is 0 Å². The van der Waals surface area contributed by atoms with Gasteiger partial charge < -0.3 is 26.8 Å². The first-order chi connectivity index (χ1) is 61.4. The maximum Gasteiger partial charge on any atom is 0.167 e. The fourth-order valence-electron chi connectivity index (χ4n) is 19.7. The summed E-state index contributed by atoms with van der Waals surface area (Å²) in [6.07, 6.45) is 0. The van der Waals surface area contributed by atoms with Gasteiger partial charge in [-0.25, -0.2) is 29.9 Å². The Morgan fingerprint density at radius 1 is 0.194 bits per heavy atom. The van der Waals surface area contributed by atoms with Crippen LogP contribution in [0.15, 0.2) is 370 Å². The van der Waals surface area contributed by atoms with Crippen molar-refractivity contribution in [2.24, 2.45) is 0 Å². The van der Waals surface area contributed by atoms with E-state index in [0.29, 0.717) is 51.7 Å². The summed E-state index contributed by atoms with van der Waals surface area (Å²) in [5, 5.41) is 21.5. The average molecular weight is 1620 g/mol. The molecule has 14 heteroatoms. The van der Waals surface area contributed by atoms with Crippen molar-refractivity contribution in [1.29, 1.82) is 0 Å². The first kappa shape index (κ1) is 67.6. The molecule has 124 heavy (non-hydrogen) atoms. The molecule has 12 nitrogen and oxygen atoms in total. The summed E-state index contributed by atoms with van der Waals surface area (Å²) in [7, 11) is 0. The molecule has 0 saturated carbocycles. The van der Waals surface area contributed by atoms with Crippen LogP contribution in [-0.2, 0) is 0 Å². The molecule has 28 rings (SSSR count). The number of nitrogens with zero attached hydrogens (tertiary/aromatic N) is 8. The minimum Gasteiger partial charge on any atom is -0.456 e. The predicted molar refractivity (Wildman–Crippen MR) is 510 cm³/mol. The highest BCUT2D eigenvalue weighted by Gasteiger charge is 2.29. The quantitative estimate of drug-likeness (QED) is 0.137. The molecule has 574 valence electrons. The molecule has 0 spiro atoms. The number of rotatable bonds is 9. The lowest BCUT2D eigenvalue weighted by Gasteiger charge is -2.15. The Kier molecular flexibility index (Phi) is 14.0. The zero-order valence-corrected chi connectivity index (χ0v) is 67.1. The maximum atomic E-state index is 7.55. The third-order valence-electron chi connectivity index (χ3n) is 25.4.